The predicted molar refractivity (Wildman–Crippen MR) is 74.4 cm³/mol. The summed E-state index contributed by atoms with van der Waals surface area (Å²) < 4.78 is 5.60. The Bertz CT molecular complexity index is 707. The summed E-state index contributed by atoms with van der Waals surface area (Å²) >= 11 is 5.95. The largest absolute Gasteiger partial charge is 0.470 e. The van der Waals surface area contributed by atoms with Gasteiger partial charge in [0.05, 0.1) is 13.1 Å². The van der Waals surface area contributed by atoms with Crippen LogP contribution in [0.5, 0.6) is 5.88 Å². The number of H-pyrrole nitrogens is 1. The van der Waals surface area contributed by atoms with Crippen LogP contribution in [0.25, 0.3) is 0 Å². The fraction of sp³-hybridized carbons (Fsp3) is 0.231. The van der Waals surface area contributed by atoms with Gasteiger partial charge in [-0.1, -0.05) is 11.6 Å². The Labute approximate surface area is 124 Å². The maximum absolute atomic E-state index is 12.0. The van der Waals surface area contributed by atoms with Crippen molar-refractivity contribution in [3.05, 3.63) is 51.5 Å². The monoisotopic (exact) mass is 306 g/mol. The number of aromatic nitrogens is 3. The molecule has 1 amide bonds. The van der Waals surface area contributed by atoms with E-state index in [2.05, 4.69) is 15.2 Å². The summed E-state index contributed by atoms with van der Waals surface area (Å²) in [5, 5.41) is 6.37. The Balaban J connectivity index is 1.58. The van der Waals surface area contributed by atoms with Gasteiger partial charge in [-0.25, -0.2) is 10.1 Å². The van der Waals surface area contributed by atoms with Crippen LogP contribution in [0.4, 0.5) is 0 Å². The van der Waals surface area contributed by atoms with Crippen LogP contribution in [0.2, 0.25) is 5.02 Å². The standard InChI is InChI=1S/C13H11ClN4O3/c14-9-2-1-5-15-12(9)21-8-6-18(7-8)13(20)10-3-4-11(19)17-16-10/h1-5,8H,6-7H2,(H,17,19). The number of pyridine rings is 1. The van der Waals surface area contributed by atoms with Gasteiger partial charge in [-0.2, -0.15) is 5.10 Å². The number of ether oxygens (including phenoxy) is 1. The van der Waals surface area contributed by atoms with E-state index >= 15 is 0 Å². The summed E-state index contributed by atoms with van der Waals surface area (Å²) in [4.78, 5) is 28.5. The molecule has 2 aromatic heterocycles. The molecule has 0 saturated carbocycles. The van der Waals surface area contributed by atoms with Crippen molar-refractivity contribution in [3.63, 3.8) is 0 Å². The molecule has 1 fully saturated rings. The number of hydrogen-bond acceptors (Lipinski definition) is 5. The highest BCUT2D eigenvalue weighted by atomic mass is 35.5. The molecular formula is C13H11ClN4O3. The van der Waals surface area contributed by atoms with E-state index in [1.54, 1.807) is 23.2 Å². The van der Waals surface area contributed by atoms with Crippen LogP contribution in [0, 0.1) is 0 Å². The molecule has 0 aromatic carbocycles. The van der Waals surface area contributed by atoms with Crippen LogP contribution in [-0.4, -0.2) is 45.2 Å². The summed E-state index contributed by atoms with van der Waals surface area (Å²) in [5.74, 6) is 0.108. The molecule has 1 N–H and O–H groups in total. The van der Waals surface area contributed by atoms with Gasteiger partial charge in [0.2, 0.25) is 5.88 Å². The third-order valence-electron chi connectivity index (χ3n) is 3.04. The van der Waals surface area contributed by atoms with E-state index in [0.717, 1.165) is 0 Å². The van der Waals surface area contributed by atoms with Gasteiger partial charge in [0, 0.05) is 12.3 Å². The molecule has 0 spiro atoms. The highest BCUT2D eigenvalue weighted by molar-refractivity contribution is 6.31. The van der Waals surface area contributed by atoms with Gasteiger partial charge < -0.3 is 9.64 Å². The summed E-state index contributed by atoms with van der Waals surface area (Å²) in [5.41, 5.74) is -0.148. The van der Waals surface area contributed by atoms with E-state index < -0.39 is 0 Å². The number of hydrogen-bond donors (Lipinski definition) is 1. The van der Waals surface area contributed by atoms with Gasteiger partial charge in [0.15, 0.2) is 0 Å². The van der Waals surface area contributed by atoms with Crippen molar-refractivity contribution in [2.75, 3.05) is 13.1 Å². The first-order valence-corrected chi connectivity index (χ1v) is 6.63. The highest BCUT2D eigenvalue weighted by Gasteiger charge is 2.34. The third kappa shape index (κ3) is 2.87. The summed E-state index contributed by atoms with van der Waals surface area (Å²) in [6, 6.07) is 6.07. The van der Waals surface area contributed by atoms with Gasteiger partial charge in [0.25, 0.3) is 11.5 Å². The number of amides is 1. The molecule has 21 heavy (non-hydrogen) atoms. The quantitative estimate of drug-likeness (QED) is 0.903. The molecule has 0 bridgehead atoms. The molecule has 0 radical (unpaired) electrons. The van der Waals surface area contributed by atoms with E-state index in [9.17, 15) is 9.59 Å². The summed E-state index contributed by atoms with van der Waals surface area (Å²) in [7, 11) is 0. The van der Waals surface area contributed by atoms with Crippen molar-refractivity contribution in [2.45, 2.75) is 6.10 Å². The van der Waals surface area contributed by atoms with Gasteiger partial charge >= 0.3 is 0 Å². The molecule has 1 aliphatic rings. The molecule has 3 heterocycles. The lowest BCUT2D eigenvalue weighted by Crippen LogP contribution is -2.56. The van der Waals surface area contributed by atoms with E-state index in [4.69, 9.17) is 16.3 Å². The average molecular weight is 307 g/mol. The smallest absolute Gasteiger partial charge is 0.274 e. The van der Waals surface area contributed by atoms with Crippen molar-refractivity contribution >= 4 is 17.5 Å². The van der Waals surface area contributed by atoms with Crippen molar-refractivity contribution in [3.8, 4) is 5.88 Å². The number of nitrogens with zero attached hydrogens (tertiary/aromatic N) is 3. The first-order chi connectivity index (χ1) is 10.1. The topological polar surface area (TPSA) is 88.2 Å². The second-order valence-corrected chi connectivity index (χ2v) is 4.95. The van der Waals surface area contributed by atoms with Crippen LogP contribution in [0.3, 0.4) is 0 Å². The molecule has 0 atom stereocenters. The molecule has 108 valence electrons. The number of carbonyl (C=O) groups excluding carboxylic acids is 1. The van der Waals surface area contributed by atoms with E-state index in [-0.39, 0.29) is 23.3 Å². The number of carbonyl (C=O) groups is 1. The van der Waals surface area contributed by atoms with Gasteiger partial charge in [-0.15, -0.1) is 0 Å². The lowest BCUT2D eigenvalue weighted by atomic mass is 10.1. The molecule has 8 heteroatoms. The van der Waals surface area contributed by atoms with Crippen molar-refractivity contribution in [2.24, 2.45) is 0 Å². The van der Waals surface area contributed by atoms with Gasteiger partial charge in [0.1, 0.15) is 16.8 Å². The second-order valence-electron chi connectivity index (χ2n) is 4.55. The van der Waals surface area contributed by atoms with E-state index in [1.807, 2.05) is 0 Å². The van der Waals surface area contributed by atoms with Crippen LogP contribution in [-0.2, 0) is 0 Å². The number of nitrogens with one attached hydrogen (secondary N) is 1. The van der Waals surface area contributed by atoms with Crippen LogP contribution in [0.1, 0.15) is 10.5 Å². The number of rotatable bonds is 3. The molecule has 1 aliphatic heterocycles. The highest BCUT2D eigenvalue weighted by Crippen LogP contribution is 2.24. The van der Waals surface area contributed by atoms with E-state index in [1.165, 1.54) is 12.1 Å². The third-order valence-corrected chi connectivity index (χ3v) is 3.32. The minimum atomic E-state index is -0.346. The van der Waals surface area contributed by atoms with Crippen LogP contribution < -0.4 is 10.3 Å². The molecular weight excluding hydrogens is 296 g/mol. The molecule has 7 nitrogen and oxygen atoms in total. The number of aromatic amines is 1. The van der Waals surface area contributed by atoms with Crippen molar-refractivity contribution < 1.29 is 9.53 Å². The number of halogens is 1. The molecule has 0 aliphatic carbocycles. The first-order valence-electron chi connectivity index (χ1n) is 6.25. The van der Waals surface area contributed by atoms with Crippen LogP contribution >= 0.6 is 11.6 Å². The Morgan fingerprint density at radius 1 is 1.38 bits per heavy atom. The van der Waals surface area contributed by atoms with Crippen molar-refractivity contribution in [1.29, 1.82) is 0 Å². The average Bonchev–Trinajstić information content (AvgIpc) is 2.44. The normalized spacial score (nSPS) is 14.6. The second kappa shape index (κ2) is 5.53. The van der Waals surface area contributed by atoms with Crippen molar-refractivity contribution in [1.82, 2.24) is 20.1 Å². The lowest BCUT2D eigenvalue weighted by molar-refractivity contribution is 0.0155. The zero-order valence-corrected chi connectivity index (χ0v) is 11.6. The first kappa shape index (κ1) is 13.6. The summed E-state index contributed by atoms with van der Waals surface area (Å²) in [6.07, 6.45) is 1.44. The van der Waals surface area contributed by atoms with Gasteiger partial charge in [-0.05, 0) is 18.2 Å². The minimum absolute atomic E-state index is 0.149. The zero-order valence-electron chi connectivity index (χ0n) is 10.8. The zero-order chi connectivity index (χ0) is 14.8. The molecule has 2 aromatic rings. The SMILES string of the molecule is O=C(c1ccc(=O)[nH]n1)N1CC(Oc2ncccc2Cl)C1. The fourth-order valence-corrected chi connectivity index (χ4v) is 2.09. The Kier molecular flexibility index (Phi) is 3.57. The van der Waals surface area contributed by atoms with Crippen LogP contribution in [0.15, 0.2) is 35.3 Å². The van der Waals surface area contributed by atoms with E-state index in [0.29, 0.717) is 24.0 Å². The number of likely N-dealkylation sites (tertiary alicyclic amines) is 1. The molecule has 0 unspecified atom stereocenters. The fourth-order valence-electron chi connectivity index (χ4n) is 1.92. The Hall–Kier alpha value is -2.41. The Morgan fingerprint density at radius 2 is 2.19 bits per heavy atom. The predicted octanol–water partition coefficient (Wildman–Crippen LogP) is 0.722. The molecule has 1 saturated heterocycles. The lowest BCUT2D eigenvalue weighted by Gasteiger charge is -2.38. The van der Waals surface area contributed by atoms with Gasteiger partial charge in [-0.3, -0.25) is 9.59 Å². The molecule has 3 rings (SSSR count). The Morgan fingerprint density at radius 3 is 2.86 bits per heavy atom. The maximum Gasteiger partial charge on any atom is 0.274 e. The minimum Gasteiger partial charge on any atom is -0.470 e. The maximum atomic E-state index is 12.0. The summed E-state index contributed by atoms with van der Waals surface area (Å²) in [6.45, 7) is 0.846.